The van der Waals surface area contributed by atoms with Crippen LogP contribution in [-0.4, -0.2) is 33.2 Å². The fourth-order valence-electron chi connectivity index (χ4n) is 2.83. The molecule has 2 atom stereocenters. The second kappa shape index (κ2) is 5.91. The number of aryl methyl sites for hydroxylation is 1. The minimum Gasteiger partial charge on any atom is -0.387 e. The first-order valence-electron chi connectivity index (χ1n) is 7.11. The van der Waals surface area contributed by atoms with Gasteiger partial charge in [0.25, 0.3) is 0 Å². The summed E-state index contributed by atoms with van der Waals surface area (Å²) in [5.74, 6) is 0.872. The Bertz CT molecular complexity index is 616. The van der Waals surface area contributed by atoms with Crippen LogP contribution in [0.3, 0.4) is 0 Å². The molecule has 2 unspecified atom stereocenters. The molecule has 0 aliphatic carbocycles. The van der Waals surface area contributed by atoms with Gasteiger partial charge in [-0.25, -0.2) is 4.39 Å². The van der Waals surface area contributed by atoms with Crippen molar-refractivity contribution in [3.8, 4) is 0 Å². The fraction of sp³-hybridized carbons (Fsp3) is 0.467. The third kappa shape index (κ3) is 3.11. The van der Waals surface area contributed by atoms with Gasteiger partial charge >= 0.3 is 0 Å². The van der Waals surface area contributed by atoms with Crippen LogP contribution in [0.1, 0.15) is 42.3 Å². The SMILES string of the molecule is Cc1nc(C2CCCN2CC(O)c2cccc(F)c2)no1. The number of nitrogens with zero attached hydrogens (tertiary/aromatic N) is 3. The van der Waals surface area contributed by atoms with Crippen molar-refractivity contribution in [2.45, 2.75) is 31.9 Å². The summed E-state index contributed by atoms with van der Waals surface area (Å²) in [7, 11) is 0. The molecule has 1 aliphatic heterocycles. The molecule has 1 saturated heterocycles. The van der Waals surface area contributed by atoms with Crippen LogP contribution >= 0.6 is 0 Å². The molecule has 2 aromatic rings. The van der Waals surface area contributed by atoms with Crippen molar-refractivity contribution >= 4 is 0 Å². The Morgan fingerprint density at radius 2 is 2.38 bits per heavy atom. The highest BCUT2D eigenvalue weighted by Crippen LogP contribution is 2.31. The monoisotopic (exact) mass is 291 g/mol. The molecule has 3 rings (SSSR count). The van der Waals surface area contributed by atoms with E-state index >= 15 is 0 Å². The van der Waals surface area contributed by atoms with Gasteiger partial charge in [0.05, 0.1) is 12.1 Å². The van der Waals surface area contributed by atoms with Gasteiger partial charge in [0.1, 0.15) is 5.82 Å². The lowest BCUT2D eigenvalue weighted by Gasteiger charge is -2.24. The molecule has 0 amide bonds. The quantitative estimate of drug-likeness (QED) is 0.937. The van der Waals surface area contributed by atoms with Gasteiger partial charge in [-0.15, -0.1) is 0 Å². The third-order valence-electron chi connectivity index (χ3n) is 3.85. The zero-order chi connectivity index (χ0) is 14.8. The predicted molar refractivity (Wildman–Crippen MR) is 73.9 cm³/mol. The number of hydrogen-bond acceptors (Lipinski definition) is 5. The van der Waals surface area contributed by atoms with Gasteiger partial charge in [-0.3, -0.25) is 4.90 Å². The van der Waals surface area contributed by atoms with Gasteiger partial charge in [-0.1, -0.05) is 17.3 Å². The Balaban J connectivity index is 1.71. The average Bonchev–Trinajstić information content (AvgIpc) is 3.07. The van der Waals surface area contributed by atoms with Crippen molar-refractivity contribution in [3.63, 3.8) is 0 Å². The molecule has 1 N–H and O–H groups in total. The zero-order valence-corrected chi connectivity index (χ0v) is 11.9. The van der Waals surface area contributed by atoms with Crippen molar-refractivity contribution < 1.29 is 14.0 Å². The molecule has 1 aromatic carbocycles. The molecule has 0 radical (unpaired) electrons. The van der Waals surface area contributed by atoms with E-state index in [1.165, 1.54) is 12.1 Å². The zero-order valence-electron chi connectivity index (χ0n) is 11.9. The normalized spacial score (nSPS) is 20.8. The second-order valence-electron chi connectivity index (χ2n) is 5.40. The topological polar surface area (TPSA) is 62.4 Å². The molecule has 1 aromatic heterocycles. The molecule has 112 valence electrons. The summed E-state index contributed by atoms with van der Waals surface area (Å²) in [5, 5.41) is 14.3. The van der Waals surface area contributed by atoms with Gasteiger partial charge < -0.3 is 9.63 Å². The number of likely N-dealkylation sites (tertiary alicyclic amines) is 1. The first kappa shape index (κ1) is 14.2. The Morgan fingerprint density at radius 3 is 3.10 bits per heavy atom. The molecule has 1 fully saturated rings. The highest BCUT2D eigenvalue weighted by Gasteiger charge is 2.31. The lowest BCUT2D eigenvalue weighted by Crippen LogP contribution is -2.29. The van der Waals surface area contributed by atoms with Gasteiger partial charge in [-0.2, -0.15) is 4.98 Å². The largest absolute Gasteiger partial charge is 0.387 e. The number of β-amino-alcohol motifs (C(OH)–C–C–N with tert-alkyl or cyclic N) is 1. The maximum absolute atomic E-state index is 13.2. The van der Waals surface area contributed by atoms with Crippen molar-refractivity contribution in [2.24, 2.45) is 0 Å². The fourth-order valence-corrected chi connectivity index (χ4v) is 2.83. The van der Waals surface area contributed by atoms with Gasteiger partial charge in [0, 0.05) is 13.5 Å². The van der Waals surface area contributed by atoms with Crippen molar-refractivity contribution in [1.82, 2.24) is 15.0 Å². The van der Waals surface area contributed by atoms with E-state index in [2.05, 4.69) is 15.0 Å². The lowest BCUT2D eigenvalue weighted by molar-refractivity contribution is 0.103. The smallest absolute Gasteiger partial charge is 0.223 e. The summed E-state index contributed by atoms with van der Waals surface area (Å²) in [6.45, 7) is 3.06. The van der Waals surface area contributed by atoms with Crippen LogP contribution in [-0.2, 0) is 0 Å². The molecule has 21 heavy (non-hydrogen) atoms. The number of aliphatic hydroxyl groups excluding tert-OH is 1. The number of halogens is 1. The van der Waals surface area contributed by atoms with E-state index in [0.717, 1.165) is 19.4 Å². The van der Waals surface area contributed by atoms with Crippen LogP contribution in [0.5, 0.6) is 0 Å². The minimum atomic E-state index is -0.728. The number of benzene rings is 1. The molecule has 2 heterocycles. The minimum absolute atomic E-state index is 0.0608. The van der Waals surface area contributed by atoms with Gasteiger partial charge in [-0.05, 0) is 37.1 Å². The van der Waals surface area contributed by atoms with E-state index in [4.69, 9.17) is 4.52 Å². The molecular formula is C15H18FN3O2. The molecule has 6 heteroatoms. The Labute approximate surface area is 122 Å². The molecular weight excluding hydrogens is 273 g/mol. The van der Waals surface area contributed by atoms with E-state index in [9.17, 15) is 9.50 Å². The van der Waals surface area contributed by atoms with E-state index in [-0.39, 0.29) is 11.9 Å². The molecule has 5 nitrogen and oxygen atoms in total. The van der Waals surface area contributed by atoms with Crippen LogP contribution in [0.25, 0.3) is 0 Å². The molecule has 0 spiro atoms. The van der Waals surface area contributed by atoms with Gasteiger partial charge in [0.2, 0.25) is 5.89 Å². The van der Waals surface area contributed by atoms with Crippen LogP contribution in [0.4, 0.5) is 4.39 Å². The number of hydrogen-bond donors (Lipinski definition) is 1. The Kier molecular flexibility index (Phi) is 3.98. The number of aromatic nitrogens is 2. The average molecular weight is 291 g/mol. The summed E-state index contributed by atoms with van der Waals surface area (Å²) in [4.78, 5) is 6.40. The molecule has 0 bridgehead atoms. The number of rotatable bonds is 4. The summed E-state index contributed by atoms with van der Waals surface area (Å²) in [6.07, 6.45) is 1.23. The van der Waals surface area contributed by atoms with Crippen LogP contribution in [0, 0.1) is 12.7 Å². The van der Waals surface area contributed by atoms with E-state index < -0.39 is 6.10 Å². The first-order chi connectivity index (χ1) is 10.1. The highest BCUT2D eigenvalue weighted by molar-refractivity contribution is 5.19. The standard InChI is InChI=1S/C15H18FN3O2/c1-10-17-15(18-21-10)13-6-3-7-19(13)9-14(20)11-4-2-5-12(16)8-11/h2,4-5,8,13-14,20H,3,6-7,9H2,1H3. The summed E-state index contributed by atoms with van der Waals surface area (Å²) in [5.41, 5.74) is 0.588. The van der Waals surface area contributed by atoms with Crippen molar-refractivity contribution in [2.75, 3.05) is 13.1 Å². The van der Waals surface area contributed by atoms with Gasteiger partial charge in [0.15, 0.2) is 5.82 Å². The molecule has 1 aliphatic rings. The predicted octanol–water partition coefficient (Wildman–Crippen LogP) is 2.39. The Hall–Kier alpha value is -1.79. The van der Waals surface area contributed by atoms with Crippen molar-refractivity contribution in [3.05, 3.63) is 47.4 Å². The number of aliphatic hydroxyl groups is 1. The summed E-state index contributed by atoms with van der Waals surface area (Å²) < 4.78 is 18.3. The Morgan fingerprint density at radius 1 is 1.52 bits per heavy atom. The maximum Gasteiger partial charge on any atom is 0.223 e. The first-order valence-corrected chi connectivity index (χ1v) is 7.11. The van der Waals surface area contributed by atoms with E-state index in [0.29, 0.717) is 23.8 Å². The maximum atomic E-state index is 13.2. The van der Waals surface area contributed by atoms with Crippen LogP contribution < -0.4 is 0 Å². The second-order valence-corrected chi connectivity index (χ2v) is 5.40. The summed E-state index contributed by atoms with van der Waals surface area (Å²) in [6, 6.07) is 6.14. The van der Waals surface area contributed by atoms with Crippen molar-refractivity contribution in [1.29, 1.82) is 0 Å². The van der Waals surface area contributed by atoms with Crippen LogP contribution in [0.15, 0.2) is 28.8 Å². The molecule has 0 saturated carbocycles. The summed E-state index contributed by atoms with van der Waals surface area (Å²) >= 11 is 0. The van der Waals surface area contributed by atoms with E-state index in [1.807, 2.05) is 0 Å². The third-order valence-corrected chi connectivity index (χ3v) is 3.85. The van der Waals surface area contributed by atoms with E-state index in [1.54, 1.807) is 19.1 Å². The lowest BCUT2D eigenvalue weighted by atomic mass is 10.1. The van der Waals surface area contributed by atoms with Crippen LogP contribution in [0.2, 0.25) is 0 Å². The highest BCUT2D eigenvalue weighted by atomic mass is 19.1.